The van der Waals surface area contributed by atoms with Gasteiger partial charge in [-0.05, 0) is 19.8 Å². The molecule has 15 heavy (non-hydrogen) atoms. The molecular weight excluding hydrogens is 208 g/mol. The number of nitrogens with one attached hydrogen (secondary N) is 1. The fourth-order valence-corrected chi connectivity index (χ4v) is 2.15. The van der Waals surface area contributed by atoms with E-state index in [0.717, 1.165) is 10.7 Å². The lowest BCUT2D eigenvalue weighted by molar-refractivity contribution is 0.201. The Labute approximate surface area is 95.6 Å². The lowest BCUT2D eigenvalue weighted by Gasteiger charge is -2.23. The predicted octanol–water partition coefficient (Wildman–Crippen LogP) is 2.12. The normalized spacial score (nSPS) is 15.6. The molecule has 4 heteroatoms. The van der Waals surface area contributed by atoms with Crippen molar-refractivity contribution >= 4 is 11.3 Å². The molecule has 2 unspecified atom stereocenters. The fraction of sp³-hybridized carbons (Fsp3) is 0.727. The van der Waals surface area contributed by atoms with Gasteiger partial charge in [0.1, 0.15) is 0 Å². The van der Waals surface area contributed by atoms with Crippen LogP contribution in [0.25, 0.3) is 0 Å². The summed E-state index contributed by atoms with van der Waals surface area (Å²) in [5.74, 6) is 0.428. The Morgan fingerprint density at radius 1 is 1.47 bits per heavy atom. The van der Waals surface area contributed by atoms with Gasteiger partial charge >= 0.3 is 0 Å². The smallest absolute Gasteiger partial charge is 0.0898 e. The molecule has 2 atom stereocenters. The van der Waals surface area contributed by atoms with Gasteiger partial charge in [-0.1, -0.05) is 13.8 Å². The van der Waals surface area contributed by atoms with Crippen LogP contribution in [0, 0.1) is 12.8 Å². The summed E-state index contributed by atoms with van der Waals surface area (Å²) in [6.45, 7) is 8.47. The van der Waals surface area contributed by atoms with Crippen LogP contribution >= 0.6 is 11.3 Å². The third-order valence-corrected chi connectivity index (χ3v) is 3.34. The Balaban J connectivity index is 2.58. The van der Waals surface area contributed by atoms with Gasteiger partial charge in [0, 0.05) is 17.5 Å². The maximum atomic E-state index is 9.22. The second kappa shape index (κ2) is 5.58. The lowest BCUT2D eigenvalue weighted by atomic mass is 10.0. The fourth-order valence-electron chi connectivity index (χ4n) is 1.44. The van der Waals surface area contributed by atoms with Crippen molar-refractivity contribution in [2.24, 2.45) is 5.92 Å². The summed E-state index contributed by atoms with van der Waals surface area (Å²) in [5, 5.41) is 15.8. The summed E-state index contributed by atoms with van der Waals surface area (Å²) < 4.78 is 0. The van der Waals surface area contributed by atoms with E-state index in [1.54, 1.807) is 11.3 Å². The predicted molar refractivity (Wildman–Crippen MR) is 64.1 cm³/mol. The number of nitrogens with zero attached hydrogens (tertiary/aromatic N) is 1. The van der Waals surface area contributed by atoms with Crippen LogP contribution in [0.15, 0.2) is 5.38 Å². The van der Waals surface area contributed by atoms with E-state index in [9.17, 15) is 5.11 Å². The molecule has 3 nitrogen and oxygen atoms in total. The highest BCUT2D eigenvalue weighted by Gasteiger charge is 2.17. The topological polar surface area (TPSA) is 45.2 Å². The lowest BCUT2D eigenvalue weighted by Crippen LogP contribution is -2.38. The first-order valence-electron chi connectivity index (χ1n) is 5.33. The summed E-state index contributed by atoms with van der Waals surface area (Å²) in [5.41, 5.74) is 1.07. The minimum Gasteiger partial charge on any atom is -0.395 e. The van der Waals surface area contributed by atoms with Crippen molar-refractivity contribution in [3.05, 3.63) is 16.1 Å². The van der Waals surface area contributed by atoms with Crippen LogP contribution in [-0.4, -0.2) is 22.7 Å². The van der Waals surface area contributed by atoms with Gasteiger partial charge in [0.2, 0.25) is 0 Å². The third kappa shape index (κ3) is 3.55. The molecule has 0 radical (unpaired) electrons. The van der Waals surface area contributed by atoms with Crippen molar-refractivity contribution in [2.75, 3.05) is 6.61 Å². The highest BCUT2D eigenvalue weighted by molar-refractivity contribution is 7.09. The van der Waals surface area contributed by atoms with Crippen LogP contribution < -0.4 is 5.32 Å². The molecule has 1 aromatic rings. The van der Waals surface area contributed by atoms with Gasteiger partial charge in [0.05, 0.1) is 17.3 Å². The van der Waals surface area contributed by atoms with Crippen LogP contribution in [0.5, 0.6) is 0 Å². The van der Waals surface area contributed by atoms with E-state index >= 15 is 0 Å². The number of aliphatic hydroxyl groups is 1. The Kier molecular flexibility index (Phi) is 4.70. The highest BCUT2D eigenvalue weighted by atomic mass is 32.1. The number of hydrogen-bond donors (Lipinski definition) is 2. The number of thiazole rings is 1. The molecule has 0 spiro atoms. The highest BCUT2D eigenvalue weighted by Crippen LogP contribution is 2.17. The molecule has 0 saturated carbocycles. The van der Waals surface area contributed by atoms with Crippen molar-refractivity contribution in [1.82, 2.24) is 10.3 Å². The standard InChI is InChI=1S/C11H20N2OS/c1-7(2)10(5-14)12-8(3)11-6-15-9(4)13-11/h6-8,10,12,14H,5H2,1-4H3. The molecule has 0 fully saturated rings. The molecule has 0 aliphatic carbocycles. The number of rotatable bonds is 5. The zero-order chi connectivity index (χ0) is 11.4. The quantitative estimate of drug-likeness (QED) is 0.811. The SMILES string of the molecule is Cc1nc(C(C)NC(CO)C(C)C)cs1. The van der Waals surface area contributed by atoms with Crippen molar-refractivity contribution in [2.45, 2.75) is 39.8 Å². The summed E-state index contributed by atoms with van der Waals surface area (Å²) in [6.07, 6.45) is 0. The van der Waals surface area contributed by atoms with Gasteiger partial charge in [0.25, 0.3) is 0 Å². The van der Waals surface area contributed by atoms with Crippen LogP contribution in [-0.2, 0) is 0 Å². The van der Waals surface area contributed by atoms with Crippen LogP contribution in [0.3, 0.4) is 0 Å². The maximum absolute atomic E-state index is 9.22. The van der Waals surface area contributed by atoms with Gasteiger partial charge in [0.15, 0.2) is 0 Å². The first-order chi connectivity index (χ1) is 7.04. The largest absolute Gasteiger partial charge is 0.395 e. The van der Waals surface area contributed by atoms with Crippen LogP contribution in [0.4, 0.5) is 0 Å². The van der Waals surface area contributed by atoms with Gasteiger partial charge in [-0.15, -0.1) is 11.3 Å². The van der Waals surface area contributed by atoms with Crippen molar-refractivity contribution in [3.63, 3.8) is 0 Å². The number of aryl methyl sites for hydroxylation is 1. The van der Waals surface area contributed by atoms with E-state index in [1.807, 2.05) is 6.92 Å². The zero-order valence-corrected chi connectivity index (χ0v) is 10.6. The van der Waals surface area contributed by atoms with Crippen LogP contribution in [0.1, 0.15) is 37.5 Å². The maximum Gasteiger partial charge on any atom is 0.0898 e. The first-order valence-corrected chi connectivity index (χ1v) is 6.21. The molecule has 0 aliphatic heterocycles. The molecule has 0 aromatic carbocycles. The molecule has 1 aromatic heterocycles. The average molecular weight is 228 g/mol. The Hall–Kier alpha value is -0.450. The Morgan fingerprint density at radius 3 is 2.53 bits per heavy atom. The van der Waals surface area contributed by atoms with E-state index in [4.69, 9.17) is 0 Å². The number of aromatic nitrogens is 1. The van der Waals surface area contributed by atoms with Crippen molar-refractivity contribution in [3.8, 4) is 0 Å². The van der Waals surface area contributed by atoms with Gasteiger partial charge in [-0.2, -0.15) is 0 Å². The Bertz CT molecular complexity index is 299. The minimum atomic E-state index is 0.141. The number of aliphatic hydroxyl groups excluding tert-OH is 1. The van der Waals surface area contributed by atoms with E-state index in [0.29, 0.717) is 5.92 Å². The summed E-state index contributed by atoms with van der Waals surface area (Å²) in [7, 11) is 0. The molecule has 0 aliphatic rings. The minimum absolute atomic E-state index is 0.141. The molecule has 2 N–H and O–H groups in total. The number of hydrogen-bond acceptors (Lipinski definition) is 4. The molecule has 1 rings (SSSR count). The first kappa shape index (κ1) is 12.6. The van der Waals surface area contributed by atoms with Gasteiger partial charge in [-0.25, -0.2) is 4.98 Å². The van der Waals surface area contributed by atoms with E-state index in [2.05, 4.69) is 36.5 Å². The molecule has 1 heterocycles. The molecule has 0 bridgehead atoms. The van der Waals surface area contributed by atoms with Crippen molar-refractivity contribution in [1.29, 1.82) is 0 Å². The van der Waals surface area contributed by atoms with E-state index in [1.165, 1.54) is 0 Å². The second-order valence-corrected chi connectivity index (χ2v) is 5.28. The molecular formula is C11H20N2OS. The summed E-state index contributed by atoms with van der Waals surface area (Å²) in [6, 6.07) is 0.344. The van der Waals surface area contributed by atoms with Gasteiger partial charge in [-0.3, -0.25) is 0 Å². The van der Waals surface area contributed by atoms with E-state index in [-0.39, 0.29) is 18.7 Å². The van der Waals surface area contributed by atoms with Crippen LogP contribution in [0.2, 0.25) is 0 Å². The van der Waals surface area contributed by atoms with Gasteiger partial charge < -0.3 is 10.4 Å². The third-order valence-electron chi connectivity index (χ3n) is 2.55. The van der Waals surface area contributed by atoms with Crippen molar-refractivity contribution < 1.29 is 5.11 Å². The summed E-state index contributed by atoms with van der Waals surface area (Å²) in [4.78, 5) is 4.43. The average Bonchev–Trinajstić information content (AvgIpc) is 2.60. The monoisotopic (exact) mass is 228 g/mol. The molecule has 86 valence electrons. The Morgan fingerprint density at radius 2 is 2.13 bits per heavy atom. The summed E-state index contributed by atoms with van der Waals surface area (Å²) >= 11 is 1.66. The van der Waals surface area contributed by atoms with E-state index < -0.39 is 0 Å². The second-order valence-electron chi connectivity index (χ2n) is 4.21. The molecule has 0 saturated heterocycles. The zero-order valence-electron chi connectivity index (χ0n) is 9.82. The molecule has 0 amide bonds.